The van der Waals surface area contributed by atoms with Crippen LogP contribution in [-0.2, 0) is 0 Å². The minimum Gasteiger partial charge on any atom is -0.507 e. The fourth-order valence-corrected chi connectivity index (χ4v) is 3.28. The topological polar surface area (TPSA) is 63.6 Å². The molecule has 0 spiro atoms. The van der Waals surface area contributed by atoms with Crippen LogP contribution in [-0.4, -0.2) is 23.4 Å². The van der Waals surface area contributed by atoms with Gasteiger partial charge >= 0.3 is 0 Å². The van der Waals surface area contributed by atoms with Crippen LogP contribution in [0.4, 0.5) is 5.82 Å². The van der Waals surface area contributed by atoms with E-state index in [0.717, 1.165) is 47.8 Å². The van der Waals surface area contributed by atoms with E-state index in [9.17, 15) is 5.11 Å². The highest BCUT2D eigenvalue weighted by Crippen LogP contribution is 2.38. The molecule has 0 aliphatic carbocycles. The summed E-state index contributed by atoms with van der Waals surface area (Å²) in [5.74, 6) is 2.35. The van der Waals surface area contributed by atoms with Crippen molar-refractivity contribution in [1.82, 2.24) is 4.98 Å². The minimum absolute atomic E-state index is 0.138. The molecule has 2 N–H and O–H groups in total. The van der Waals surface area contributed by atoms with Gasteiger partial charge in [-0.05, 0) is 60.0 Å². The fourth-order valence-electron chi connectivity index (χ4n) is 3.11. The van der Waals surface area contributed by atoms with Gasteiger partial charge < -0.3 is 19.9 Å². The first-order valence-corrected chi connectivity index (χ1v) is 9.66. The average Bonchev–Trinajstić information content (AvgIpc) is 3.17. The second-order valence-electron chi connectivity index (χ2n) is 6.64. The van der Waals surface area contributed by atoms with Crippen LogP contribution < -0.4 is 14.8 Å². The lowest BCUT2D eigenvalue weighted by Gasteiger charge is -2.12. The number of fused-ring (bicyclic) bond motifs is 1. The molecule has 1 aliphatic rings. The highest BCUT2D eigenvalue weighted by molar-refractivity contribution is 6.31. The summed E-state index contributed by atoms with van der Waals surface area (Å²) in [6.07, 6.45) is 2.14. The van der Waals surface area contributed by atoms with Crippen molar-refractivity contribution < 1.29 is 14.6 Å². The van der Waals surface area contributed by atoms with Crippen LogP contribution in [0.3, 0.4) is 0 Å². The summed E-state index contributed by atoms with van der Waals surface area (Å²) in [4.78, 5) is 4.69. The van der Waals surface area contributed by atoms with Crippen LogP contribution in [0, 0.1) is 0 Å². The number of aromatic nitrogens is 1. The third-order valence-corrected chi connectivity index (χ3v) is 4.84. The molecular formula is C22H21ClN2O3. The third kappa shape index (κ3) is 3.85. The molecule has 1 aromatic heterocycles. The normalized spacial score (nSPS) is 12.2. The van der Waals surface area contributed by atoms with E-state index in [1.54, 1.807) is 18.2 Å². The van der Waals surface area contributed by atoms with Gasteiger partial charge in [-0.3, -0.25) is 0 Å². The zero-order valence-electron chi connectivity index (χ0n) is 15.5. The molecular weight excluding hydrogens is 376 g/mol. The first kappa shape index (κ1) is 18.4. The number of rotatable bonds is 6. The lowest BCUT2D eigenvalue weighted by Crippen LogP contribution is -2.04. The number of anilines is 1. The number of hydrogen-bond donors (Lipinski definition) is 2. The van der Waals surface area contributed by atoms with E-state index >= 15 is 0 Å². The number of phenolic OH excluding ortho intramolecular Hbond substituents is 1. The maximum absolute atomic E-state index is 10.3. The van der Waals surface area contributed by atoms with Crippen LogP contribution in [0.5, 0.6) is 17.2 Å². The Bertz CT molecular complexity index is 1010. The van der Waals surface area contributed by atoms with Crippen molar-refractivity contribution in [3.8, 4) is 39.6 Å². The predicted octanol–water partition coefficient (Wildman–Crippen LogP) is 5.72. The Morgan fingerprint density at radius 1 is 1.04 bits per heavy atom. The van der Waals surface area contributed by atoms with Crippen molar-refractivity contribution in [3.63, 3.8) is 0 Å². The van der Waals surface area contributed by atoms with Crippen LogP contribution in [0.25, 0.3) is 22.4 Å². The summed E-state index contributed by atoms with van der Waals surface area (Å²) in [7, 11) is 0. The first-order chi connectivity index (χ1) is 13.6. The van der Waals surface area contributed by atoms with Crippen molar-refractivity contribution >= 4 is 17.4 Å². The highest BCUT2D eigenvalue weighted by atomic mass is 35.5. The van der Waals surface area contributed by atoms with Gasteiger partial charge in [0.25, 0.3) is 0 Å². The minimum atomic E-state index is 0.138. The monoisotopic (exact) mass is 396 g/mol. The van der Waals surface area contributed by atoms with Crippen LogP contribution in [0.2, 0.25) is 5.02 Å². The third-order valence-electron chi connectivity index (χ3n) is 4.60. The van der Waals surface area contributed by atoms with E-state index in [0.29, 0.717) is 16.3 Å². The maximum Gasteiger partial charge on any atom is 0.231 e. The standard InChI is InChI=1S/C22H21ClN2O3/c1-2-3-8-24-22-11-15(14-4-7-20-21(10-14)28-13-27-20)9-18(25-22)17-12-16(23)5-6-19(17)26/h4-7,9-12,26H,2-3,8,13H2,1H3,(H,24,25). The number of nitrogens with zero attached hydrogens (tertiary/aromatic N) is 1. The lowest BCUT2D eigenvalue weighted by atomic mass is 10.0. The molecule has 0 amide bonds. The van der Waals surface area contributed by atoms with Gasteiger partial charge in [0.2, 0.25) is 6.79 Å². The Morgan fingerprint density at radius 3 is 2.75 bits per heavy atom. The smallest absolute Gasteiger partial charge is 0.231 e. The van der Waals surface area contributed by atoms with E-state index in [4.69, 9.17) is 21.1 Å². The largest absolute Gasteiger partial charge is 0.507 e. The SMILES string of the molecule is CCCCNc1cc(-c2ccc3c(c2)OCO3)cc(-c2cc(Cl)ccc2O)n1. The lowest BCUT2D eigenvalue weighted by molar-refractivity contribution is 0.174. The van der Waals surface area contributed by atoms with Crippen molar-refractivity contribution in [1.29, 1.82) is 0 Å². The average molecular weight is 397 g/mol. The Hall–Kier alpha value is -2.92. The van der Waals surface area contributed by atoms with Gasteiger partial charge in [-0.15, -0.1) is 0 Å². The quantitative estimate of drug-likeness (QED) is 0.522. The summed E-state index contributed by atoms with van der Waals surface area (Å²) in [6, 6.07) is 14.7. The molecule has 5 nitrogen and oxygen atoms in total. The number of aromatic hydroxyl groups is 1. The molecule has 28 heavy (non-hydrogen) atoms. The molecule has 3 aromatic rings. The summed E-state index contributed by atoms with van der Waals surface area (Å²) in [5.41, 5.74) is 3.18. The number of phenols is 1. The maximum atomic E-state index is 10.3. The molecule has 144 valence electrons. The van der Waals surface area contributed by atoms with Gasteiger partial charge in [-0.1, -0.05) is 31.0 Å². The number of pyridine rings is 1. The van der Waals surface area contributed by atoms with E-state index in [1.165, 1.54) is 0 Å². The van der Waals surface area contributed by atoms with Gasteiger partial charge in [0.15, 0.2) is 11.5 Å². The first-order valence-electron chi connectivity index (χ1n) is 9.29. The summed E-state index contributed by atoms with van der Waals surface area (Å²) >= 11 is 6.14. The van der Waals surface area contributed by atoms with E-state index in [2.05, 4.69) is 17.2 Å². The Kier molecular flexibility index (Phi) is 5.26. The second kappa shape index (κ2) is 7.98. The Morgan fingerprint density at radius 2 is 1.89 bits per heavy atom. The number of nitrogens with one attached hydrogen (secondary N) is 1. The molecule has 2 aromatic carbocycles. The molecule has 0 atom stereocenters. The van der Waals surface area contributed by atoms with Crippen molar-refractivity contribution in [2.24, 2.45) is 0 Å². The van der Waals surface area contributed by atoms with E-state index in [-0.39, 0.29) is 12.5 Å². The van der Waals surface area contributed by atoms with Crippen molar-refractivity contribution in [2.45, 2.75) is 19.8 Å². The van der Waals surface area contributed by atoms with Crippen molar-refractivity contribution in [3.05, 3.63) is 53.6 Å². The zero-order chi connectivity index (χ0) is 19.5. The molecule has 0 fully saturated rings. The number of ether oxygens (including phenoxy) is 2. The zero-order valence-corrected chi connectivity index (χ0v) is 16.3. The second-order valence-corrected chi connectivity index (χ2v) is 7.07. The molecule has 1 aliphatic heterocycles. The Labute approximate surface area is 168 Å². The fraction of sp³-hybridized carbons (Fsp3) is 0.227. The molecule has 6 heteroatoms. The van der Waals surface area contributed by atoms with Crippen molar-refractivity contribution in [2.75, 3.05) is 18.7 Å². The summed E-state index contributed by atoms with van der Waals surface area (Å²) in [6.45, 7) is 3.21. The molecule has 0 radical (unpaired) electrons. The Balaban J connectivity index is 1.79. The summed E-state index contributed by atoms with van der Waals surface area (Å²) in [5, 5.41) is 14.2. The van der Waals surface area contributed by atoms with Crippen LogP contribution in [0.1, 0.15) is 19.8 Å². The number of halogens is 1. The van der Waals surface area contributed by atoms with Gasteiger partial charge in [-0.2, -0.15) is 0 Å². The van der Waals surface area contributed by atoms with E-state index in [1.807, 2.05) is 30.3 Å². The van der Waals surface area contributed by atoms with E-state index < -0.39 is 0 Å². The molecule has 0 saturated heterocycles. The number of hydrogen-bond acceptors (Lipinski definition) is 5. The highest BCUT2D eigenvalue weighted by Gasteiger charge is 2.16. The summed E-state index contributed by atoms with van der Waals surface area (Å²) < 4.78 is 10.9. The molecule has 0 saturated carbocycles. The van der Waals surface area contributed by atoms with Crippen LogP contribution >= 0.6 is 11.6 Å². The van der Waals surface area contributed by atoms with Gasteiger partial charge in [0.05, 0.1) is 5.69 Å². The molecule has 0 unspecified atom stereocenters. The molecule has 0 bridgehead atoms. The van der Waals surface area contributed by atoms with Gasteiger partial charge in [0, 0.05) is 17.1 Å². The van der Waals surface area contributed by atoms with Gasteiger partial charge in [-0.25, -0.2) is 4.98 Å². The molecule has 4 rings (SSSR count). The predicted molar refractivity (Wildman–Crippen MR) is 111 cm³/mol. The van der Waals surface area contributed by atoms with Crippen LogP contribution in [0.15, 0.2) is 48.5 Å². The number of benzene rings is 2. The molecule has 2 heterocycles. The van der Waals surface area contributed by atoms with Gasteiger partial charge in [0.1, 0.15) is 11.6 Å². The number of unbranched alkanes of at least 4 members (excludes halogenated alkanes) is 1.